The summed E-state index contributed by atoms with van der Waals surface area (Å²) in [5, 5.41) is 11.5. The van der Waals surface area contributed by atoms with E-state index in [0.29, 0.717) is 0 Å². The van der Waals surface area contributed by atoms with E-state index in [9.17, 15) is 0 Å². The van der Waals surface area contributed by atoms with Gasteiger partial charge in [-0.25, -0.2) is 0 Å². The monoisotopic (exact) mass is 279 g/mol. The van der Waals surface area contributed by atoms with Crippen LogP contribution in [0.25, 0.3) is 0 Å². The zero-order chi connectivity index (χ0) is 14.0. The fourth-order valence-corrected chi connectivity index (χ4v) is 2.53. The molecule has 0 aliphatic rings. The van der Waals surface area contributed by atoms with Crippen molar-refractivity contribution in [3.05, 3.63) is 28.0 Å². The number of aryl methyl sites for hydroxylation is 1. The summed E-state index contributed by atoms with van der Waals surface area (Å²) in [6.07, 6.45) is 0. The molecule has 0 aliphatic heterocycles. The van der Waals surface area contributed by atoms with Crippen molar-refractivity contribution in [2.24, 2.45) is 0 Å². The van der Waals surface area contributed by atoms with Crippen molar-refractivity contribution >= 4 is 11.5 Å². The van der Waals surface area contributed by atoms with Gasteiger partial charge in [0.05, 0.1) is 16.3 Å². The summed E-state index contributed by atoms with van der Waals surface area (Å²) in [7, 11) is 2.09. The predicted octanol–water partition coefficient (Wildman–Crippen LogP) is 2.50. The van der Waals surface area contributed by atoms with Gasteiger partial charge in [0.1, 0.15) is 0 Å². The molecule has 104 valence electrons. The highest BCUT2D eigenvalue weighted by molar-refractivity contribution is 7.05. The van der Waals surface area contributed by atoms with Crippen LogP contribution in [0, 0.1) is 6.92 Å². The zero-order valence-electron chi connectivity index (χ0n) is 12.2. The van der Waals surface area contributed by atoms with Gasteiger partial charge in [-0.05, 0) is 31.6 Å². The molecule has 0 saturated carbocycles. The molecule has 2 aromatic rings. The van der Waals surface area contributed by atoms with Gasteiger partial charge in [-0.15, -0.1) is 5.10 Å². The van der Waals surface area contributed by atoms with Crippen LogP contribution in [0.5, 0.6) is 0 Å². The van der Waals surface area contributed by atoms with Crippen LogP contribution < -0.4 is 0 Å². The normalized spacial score (nSPS) is 12.3. The van der Waals surface area contributed by atoms with E-state index in [1.165, 1.54) is 16.4 Å². The largest absolute Gasteiger partial charge is 0.295 e. The number of aromatic amines is 1. The lowest BCUT2D eigenvalue weighted by atomic mass is 9.92. The molecule has 19 heavy (non-hydrogen) atoms. The number of aromatic nitrogens is 4. The first-order valence-electron chi connectivity index (χ1n) is 6.37. The third-order valence-electron chi connectivity index (χ3n) is 3.00. The summed E-state index contributed by atoms with van der Waals surface area (Å²) in [6.45, 7) is 10.2. The van der Waals surface area contributed by atoms with Crippen LogP contribution in [0.15, 0.2) is 6.07 Å². The molecule has 2 aromatic heterocycles. The Morgan fingerprint density at radius 3 is 2.58 bits per heavy atom. The Bertz CT molecular complexity index is 537. The molecule has 0 unspecified atom stereocenters. The molecule has 0 bridgehead atoms. The van der Waals surface area contributed by atoms with Crippen LogP contribution in [-0.4, -0.2) is 31.7 Å². The van der Waals surface area contributed by atoms with Gasteiger partial charge < -0.3 is 0 Å². The zero-order valence-corrected chi connectivity index (χ0v) is 13.0. The lowest BCUT2D eigenvalue weighted by Gasteiger charge is -2.15. The summed E-state index contributed by atoms with van der Waals surface area (Å²) in [5.74, 6) is 0. The molecule has 6 heteroatoms. The highest BCUT2D eigenvalue weighted by Crippen LogP contribution is 2.21. The van der Waals surface area contributed by atoms with Crippen molar-refractivity contribution in [2.45, 2.75) is 46.2 Å². The van der Waals surface area contributed by atoms with E-state index in [0.717, 1.165) is 30.2 Å². The summed E-state index contributed by atoms with van der Waals surface area (Å²) in [6, 6.07) is 2.15. The Hall–Kier alpha value is -1.27. The third-order valence-corrected chi connectivity index (χ3v) is 3.81. The van der Waals surface area contributed by atoms with E-state index in [1.54, 1.807) is 0 Å². The molecular weight excluding hydrogens is 258 g/mol. The number of nitrogens with zero attached hydrogens (tertiary/aromatic N) is 4. The van der Waals surface area contributed by atoms with E-state index in [4.69, 9.17) is 0 Å². The second-order valence-electron chi connectivity index (χ2n) is 5.98. The van der Waals surface area contributed by atoms with Crippen LogP contribution in [0.3, 0.4) is 0 Å². The first kappa shape index (κ1) is 14.1. The Morgan fingerprint density at radius 1 is 1.32 bits per heavy atom. The van der Waals surface area contributed by atoms with Crippen LogP contribution >= 0.6 is 11.5 Å². The Morgan fingerprint density at radius 2 is 2.05 bits per heavy atom. The minimum Gasteiger partial charge on any atom is -0.295 e. The average Bonchev–Trinajstić information content (AvgIpc) is 2.88. The molecule has 0 fully saturated rings. The molecule has 0 atom stereocenters. The van der Waals surface area contributed by atoms with Crippen molar-refractivity contribution in [1.29, 1.82) is 0 Å². The van der Waals surface area contributed by atoms with Gasteiger partial charge in [0, 0.05) is 24.2 Å². The predicted molar refractivity (Wildman–Crippen MR) is 77.1 cm³/mol. The molecule has 0 aromatic carbocycles. The van der Waals surface area contributed by atoms with Gasteiger partial charge in [-0.1, -0.05) is 25.3 Å². The number of rotatable bonds is 4. The summed E-state index contributed by atoms with van der Waals surface area (Å²) in [5.41, 5.74) is 3.36. The maximum atomic E-state index is 4.38. The fourth-order valence-electron chi connectivity index (χ4n) is 1.81. The molecule has 2 rings (SSSR count). The number of H-pyrrole nitrogens is 1. The van der Waals surface area contributed by atoms with E-state index >= 15 is 0 Å². The van der Waals surface area contributed by atoms with Crippen molar-refractivity contribution in [1.82, 2.24) is 24.7 Å². The number of hydrogen-bond donors (Lipinski definition) is 1. The Balaban J connectivity index is 1.98. The van der Waals surface area contributed by atoms with Crippen molar-refractivity contribution in [2.75, 3.05) is 7.05 Å². The topological polar surface area (TPSA) is 57.7 Å². The molecule has 2 heterocycles. The highest BCUT2D eigenvalue weighted by atomic mass is 32.1. The molecular formula is C13H21N5S. The maximum absolute atomic E-state index is 4.38. The number of hydrogen-bond acceptors (Lipinski definition) is 5. The summed E-state index contributed by atoms with van der Waals surface area (Å²) >= 11 is 1.47. The summed E-state index contributed by atoms with van der Waals surface area (Å²) in [4.78, 5) is 3.46. The Kier molecular flexibility index (Phi) is 4.01. The van der Waals surface area contributed by atoms with Crippen LogP contribution in [0.2, 0.25) is 0 Å². The minimum atomic E-state index is 0.0888. The summed E-state index contributed by atoms with van der Waals surface area (Å²) < 4.78 is 3.96. The quantitative estimate of drug-likeness (QED) is 0.934. The first-order chi connectivity index (χ1) is 8.86. The second-order valence-corrected chi connectivity index (χ2v) is 6.82. The van der Waals surface area contributed by atoms with Gasteiger partial charge in [0.25, 0.3) is 0 Å². The van der Waals surface area contributed by atoms with Crippen LogP contribution in [-0.2, 0) is 18.5 Å². The smallest absolute Gasteiger partial charge is 0.0769 e. The highest BCUT2D eigenvalue weighted by Gasteiger charge is 2.17. The maximum Gasteiger partial charge on any atom is 0.0769 e. The van der Waals surface area contributed by atoms with Gasteiger partial charge in [-0.3, -0.25) is 10.00 Å². The molecule has 0 radical (unpaired) electrons. The third kappa shape index (κ3) is 3.61. The van der Waals surface area contributed by atoms with E-state index in [1.807, 2.05) is 6.92 Å². The van der Waals surface area contributed by atoms with Crippen LogP contribution in [0.4, 0.5) is 0 Å². The number of nitrogens with one attached hydrogen (secondary N) is 1. The van der Waals surface area contributed by atoms with E-state index in [-0.39, 0.29) is 5.41 Å². The lowest BCUT2D eigenvalue weighted by Crippen LogP contribution is -2.17. The first-order valence-corrected chi connectivity index (χ1v) is 7.15. The van der Waals surface area contributed by atoms with Crippen molar-refractivity contribution in [3.63, 3.8) is 0 Å². The van der Waals surface area contributed by atoms with Gasteiger partial charge in [0.2, 0.25) is 0 Å². The lowest BCUT2D eigenvalue weighted by molar-refractivity contribution is 0.317. The molecule has 5 nitrogen and oxygen atoms in total. The molecule has 0 saturated heterocycles. The molecule has 0 spiro atoms. The fraction of sp³-hybridized carbons (Fsp3) is 0.615. The minimum absolute atomic E-state index is 0.0888. The van der Waals surface area contributed by atoms with Crippen LogP contribution in [0.1, 0.15) is 42.7 Å². The molecule has 1 N–H and O–H groups in total. The molecule has 0 amide bonds. The average molecular weight is 279 g/mol. The second kappa shape index (κ2) is 5.38. The van der Waals surface area contributed by atoms with Crippen molar-refractivity contribution in [3.8, 4) is 0 Å². The van der Waals surface area contributed by atoms with Crippen molar-refractivity contribution < 1.29 is 0 Å². The van der Waals surface area contributed by atoms with Gasteiger partial charge in [0.15, 0.2) is 0 Å². The standard InChI is InChI=1S/C13H21N5S/c1-9-11(19-17-14-9)8-18(5)7-10-6-12(16-15-10)13(2,3)4/h6H,7-8H2,1-5H3,(H,15,16). The van der Waals surface area contributed by atoms with Gasteiger partial charge in [-0.2, -0.15) is 5.10 Å². The van der Waals surface area contributed by atoms with Gasteiger partial charge >= 0.3 is 0 Å². The molecule has 0 aliphatic carbocycles. The van der Waals surface area contributed by atoms with E-state index in [2.05, 4.69) is 58.6 Å². The van der Waals surface area contributed by atoms with E-state index < -0.39 is 0 Å². The Labute approximate surface area is 118 Å². The SMILES string of the molecule is Cc1nnsc1CN(C)Cc1cc(C(C)(C)C)n[nH]1.